The van der Waals surface area contributed by atoms with E-state index in [-0.39, 0.29) is 0 Å². The molecule has 4 nitrogen and oxygen atoms in total. The zero-order valence-corrected chi connectivity index (χ0v) is 11.6. The zero-order chi connectivity index (χ0) is 12.3. The van der Waals surface area contributed by atoms with Crippen molar-refractivity contribution in [2.45, 2.75) is 33.2 Å². The smallest absolute Gasteiger partial charge is 0.150 e. The Bertz CT molecular complexity index is 507. The third-order valence-corrected chi connectivity index (χ3v) is 2.95. The fourth-order valence-corrected chi connectivity index (χ4v) is 2.09. The number of aromatic nitrogens is 4. The number of pyridine rings is 1. The van der Waals surface area contributed by atoms with E-state index in [4.69, 9.17) is 0 Å². The first-order chi connectivity index (χ1) is 8.22. The van der Waals surface area contributed by atoms with Crippen LogP contribution in [0.1, 0.15) is 31.1 Å². The van der Waals surface area contributed by atoms with Gasteiger partial charge in [0.05, 0.1) is 6.54 Å². The summed E-state index contributed by atoms with van der Waals surface area (Å²) in [6.45, 7) is 4.89. The fourth-order valence-electron chi connectivity index (χ4n) is 1.68. The van der Waals surface area contributed by atoms with Gasteiger partial charge in [0, 0.05) is 29.7 Å². The quantitative estimate of drug-likeness (QED) is 0.871. The van der Waals surface area contributed by atoms with Crippen LogP contribution in [0.15, 0.2) is 22.9 Å². The van der Waals surface area contributed by atoms with Crippen molar-refractivity contribution in [1.29, 1.82) is 0 Å². The van der Waals surface area contributed by atoms with Crippen molar-refractivity contribution in [1.82, 2.24) is 19.7 Å². The van der Waals surface area contributed by atoms with Crippen molar-refractivity contribution in [2.75, 3.05) is 0 Å². The molecule has 17 heavy (non-hydrogen) atoms. The van der Waals surface area contributed by atoms with Crippen LogP contribution in [-0.4, -0.2) is 19.7 Å². The van der Waals surface area contributed by atoms with E-state index >= 15 is 0 Å². The average molecular weight is 295 g/mol. The zero-order valence-electron chi connectivity index (χ0n) is 10.0. The normalized spacial score (nSPS) is 10.8. The van der Waals surface area contributed by atoms with Crippen LogP contribution in [0.5, 0.6) is 0 Å². The molecule has 0 aliphatic heterocycles. The summed E-state index contributed by atoms with van der Waals surface area (Å²) in [6.07, 6.45) is 5.41. The van der Waals surface area contributed by atoms with Crippen LogP contribution in [0.2, 0.25) is 0 Å². The number of halogens is 1. The van der Waals surface area contributed by atoms with E-state index in [0.717, 1.165) is 41.1 Å². The first-order valence-corrected chi connectivity index (χ1v) is 6.54. The Morgan fingerprint density at radius 2 is 2.06 bits per heavy atom. The minimum atomic E-state index is 0.725. The van der Waals surface area contributed by atoms with Gasteiger partial charge >= 0.3 is 0 Å². The van der Waals surface area contributed by atoms with Crippen molar-refractivity contribution in [2.24, 2.45) is 0 Å². The molecule has 0 aliphatic rings. The van der Waals surface area contributed by atoms with Crippen molar-refractivity contribution in [3.63, 3.8) is 0 Å². The van der Waals surface area contributed by atoms with Crippen molar-refractivity contribution >= 4 is 15.9 Å². The highest BCUT2D eigenvalue weighted by Crippen LogP contribution is 2.11. The van der Waals surface area contributed by atoms with Crippen molar-refractivity contribution in [3.8, 4) is 0 Å². The molecule has 0 N–H and O–H groups in total. The van der Waals surface area contributed by atoms with Gasteiger partial charge in [-0.25, -0.2) is 9.67 Å². The van der Waals surface area contributed by atoms with Gasteiger partial charge in [-0.1, -0.05) is 13.8 Å². The molecule has 2 aromatic heterocycles. The largest absolute Gasteiger partial charge is 0.263 e. The molecule has 5 heteroatoms. The molecular formula is C12H15BrN4. The second-order valence-electron chi connectivity index (χ2n) is 3.82. The summed E-state index contributed by atoms with van der Waals surface area (Å²) >= 11 is 3.42. The van der Waals surface area contributed by atoms with Gasteiger partial charge in [0.25, 0.3) is 0 Å². The summed E-state index contributed by atoms with van der Waals surface area (Å²) in [4.78, 5) is 8.64. The SMILES string of the molecule is CCc1nc(CC)n(Cc2cncc(Br)c2)n1. The molecule has 0 amide bonds. The van der Waals surface area contributed by atoms with Gasteiger partial charge < -0.3 is 0 Å². The van der Waals surface area contributed by atoms with E-state index in [0.29, 0.717) is 0 Å². The molecule has 0 bridgehead atoms. The molecule has 0 radical (unpaired) electrons. The highest BCUT2D eigenvalue weighted by Gasteiger charge is 2.07. The third-order valence-electron chi connectivity index (χ3n) is 2.52. The lowest BCUT2D eigenvalue weighted by Crippen LogP contribution is -2.06. The monoisotopic (exact) mass is 294 g/mol. The molecule has 0 saturated heterocycles. The van der Waals surface area contributed by atoms with Crippen LogP contribution in [0.3, 0.4) is 0 Å². The van der Waals surface area contributed by atoms with E-state index < -0.39 is 0 Å². The van der Waals surface area contributed by atoms with E-state index in [2.05, 4.69) is 50.9 Å². The highest BCUT2D eigenvalue weighted by atomic mass is 79.9. The summed E-state index contributed by atoms with van der Waals surface area (Å²) in [6, 6.07) is 2.06. The Kier molecular flexibility index (Phi) is 3.89. The number of rotatable bonds is 4. The molecule has 0 unspecified atom stereocenters. The predicted molar refractivity (Wildman–Crippen MR) is 69.8 cm³/mol. The minimum Gasteiger partial charge on any atom is -0.263 e. The maximum Gasteiger partial charge on any atom is 0.150 e. The molecule has 0 fully saturated rings. The Balaban J connectivity index is 2.25. The minimum absolute atomic E-state index is 0.725. The molecule has 0 atom stereocenters. The van der Waals surface area contributed by atoms with E-state index in [1.807, 2.05) is 10.9 Å². The van der Waals surface area contributed by atoms with Crippen molar-refractivity contribution in [3.05, 3.63) is 40.1 Å². The van der Waals surface area contributed by atoms with Crippen LogP contribution in [-0.2, 0) is 19.4 Å². The topological polar surface area (TPSA) is 43.6 Å². The van der Waals surface area contributed by atoms with Crippen LogP contribution in [0, 0.1) is 0 Å². The number of aryl methyl sites for hydroxylation is 2. The van der Waals surface area contributed by atoms with Gasteiger partial charge in [0.1, 0.15) is 5.82 Å². The van der Waals surface area contributed by atoms with Gasteiger partial charge in [-0.15, -0.1) is 0 Å². The summed E-state index contributed by atoms with van der Waals surface area (Å²) in [7, 11) is 0. The van der Waals surface area contributed by atoms with Gasteiger partial charge in [-0.05, 0) is 27.6 Å². The van der Waals surface area contributed by atoms with Gasteiger partial charge in [0.2, 0.25) is 0 Å². The first-order valence-electron chi connectivity index (χ1n) is 5.75. The highest BCUT2D eigenvalue weighted by molar-refractivity contribution is 9.10. The van der Waals surface area contributed by atoms with E-state index in [1.165, 1.54) is 0 Å². The lowest BCUT2D eigenvalue weighted by molar-refractivity contribution is 0.635. The fraction of sp³-hybridized carbons (Fsp3) is 0.417. The number of hydrogen-bond acceptors (Lipinski definition) is 3. The second-order valence-corrected chi connectivity index (χ2v) is 4.74. The van der Waals surface area contributed by atoms with Gasteiger partial charge in [0.15, 0.2) is 5.82 Å². The number of hydrogen-bond donors (Lipinski definition) is 0. The maximum atomic E-state index is 4.49. The van der Waals surface area contributed by atoms with Crippen LogP contribution in [0.4, 0.5) is 0 Å². The Labute approximate surface area is 109 Å². The molecule has 0 aromatic carbocycles. The molecule has 0 aliphatic carbocycles. The van der Waals surface area contributed by atoms with Gasteiger partial charge in [-0.3, -0.25) is 4.98 Å². The Hall–Kier alpha value is -1.23. The summed E-state index contributed by atoms with van der Waals surface area (Å²) < 4.78 is 2.95. The number of nitrogens with zero attached hydrogens (tertiary/aromatic N) is 4. The van der Waals surface area contributed by atoms with Crippen LogP contribution < -0.4 is 0 Å². The lowest BCUT2D eigenvalue weighted by Gasteiger charge is -2.04. The molecule has 2 aromatic rings. The van der Waals surface area contributed by atoms with Crippen molar-refractivity contribution < 1.29 is 0 Å². The maximum absolute atomic E-state index is 4.49. The third kappa shape index (κ3) is 2.91. The van der Waals surface area contributed by atoms with E-state index in [1.54, 1.807) is 6.20 Å². The Morgan fingerprint density at radius 3 is 2.71 bits per heavy atom. The first kappa shape index (κ1) is 12.2. The lowest BCUT2D eigenvalue weighted by atomic mass is 10.3. The molecule has 2 heterocycles. The van der Waals surface area contributed by atoms with Crippen LogP contribution in [0.25, 0.3) is 0 Å². The molecule has 2 rings (SSSR count). The summed E-state index contributed by atoms with van der Waals surface area (Å²) in [5, 5.41) is 4.49. The molecular weight excluding hydrogens is 280 g/mol. The predicted octanol–water partition coefficient (Wildman–Crippen LogP) is 2.61. The van der Waals surface area contributed by atoms with E-state index in [9.17, 15) is 0 Å². The second kappa shape index (κ2) is 5.40. The standard InChI is InChI=1S/C12H15BrN4/c1-3-11-15-12(4-2)17(16-11)8-9-5-10(13)7-14-6-9/h5-7H,3-4,8H2,1-2H3. The molecule has 90 valence electrons. The average Bonchev–Trinajstić information content (AvgIpc) is 2.71. The summed E-state index contributed by atoms with van der Waals surface area (Å²) in [5.41, 5.74) is 1.13. The van der Waals surface area contributed by atoms with Gasteiger partial charge in [-0.2, -0.15) is 5.10 Å². The molecule has 0 saturated carbocycles. The molecule has 0 spiro atoms. The Morgan fingerprint density at radius 1 is 1.24 bits per heavy atom. The van der Waals surface area contributed by atoms with Crippen LogP contribution >= 0.6 is 15.9 Å². The summed E-state index contributed by atoms with van der Waals surface area (Å²) in [5.74, 6) is 1.94.